The van der Waals surface area contributed by atoms with Crippen LogP contribution in [0.3, 0.4) is 0 Å². The lowest BCUT2D eigenvalue weighted by Gasteiger charge is -1.96. The lowest BCUT2D eigenvalue weighted by Crippen LogP contribution is -2.18. The van der Waals surface area contributed by atoms with Crippen LogP contribution in [0.25, 0.3) is 0 Å². The van der Waals surface area contributed by atoms with E-state index < -0.39 is 10.8 Å². The Kier molecular flexibility index (Phi) is 1.85. The van der Waals surface area contributed by atoms with E-state index in [0.29, 0.717) is 13.0 Å². The molecule has 1 rings (SSSR count). The average molecular weight is 148 g/mol. The number of rotatable bonds is 1. The predicted octanol–water partition coefficient (Wildman–Crippen LogP) is -0.320. The van der Waals surface area contributed by atoms with E-state index in [0.717, 1.165) is 0 Å². The SMILES string of the molecule is CS(=O)[C@@H]1CCOC1=O. The Hall–Kier alpha value is -0.380. The second-order valence-electron chi connectivity index (χ2n) is 1.94. The molecule has 0 radical (unpaired) electrons. The third-order valence-corrected chi connectivity index (χ3v) is 2.52. The largest absolute Gasteiger partial charge is 0.465 e. The average Bonchev–Trinajstić information content (AvgIpc) is 2.13. The zero-order valence-corrected chi connectivity index (χ0v) is 5.94. The van der Waals surface area contributed by atoms with Crippen molar-refractivity contribution < 1.29 is 13.7 Å². The summed E-state index contributed by atoms with van der Waals surface area (Å²) in [5, 5.41) is -0.356. The van der Waals surface area contributed by atoms with Gasteiger partial charge in [-0.3, -0.25) is 9.00 Å². The first kappa shape index (κ1) is 6.74. The fourth-order valence-electron chi connectivity index (χ4n) is 0.779. The van der Waals surface area contributed by atoms with Crippen molar-refractivity contribution in [2.75, 3.05) is 12.9 Å². The number of esters is 1. The Bertz CT molecular complexity index is 154. The van der Waals surface area contributed by atoms with Crippen LogP contribution in [-0.4, -0.2) is 28.3 Å². The van der Waals surface area contributed by atoms with Crippen molar-refractivity contribution in [3.63, 3.8) is 0 Å². The van der Waals surface area contributed by atoms with Crippen molar-refractivity contribution in [1.82, 2.24) is 0 Å². The molecule has 4 heteroatoms. The van der Waals surface area contributed by atoms with E-state index >= 15 is 0 Å². The molecule has 9 heavy (non-hydrogen) atoms. The standard InChI is InChI=1S/C5H8O3S/c1-9(7)4-2-3-8-5(4)6/h4H,2-3H2,1H3/t4-,9?/m1/s1. The number of carbonyl (C=O) groups is 1. The van der Waals surface area contributed by atoms with Crippen molar-refractivity contribution in [2.45, 2.75) is 11.7 Å². The van der Waals surface area contributed by atoms with E-state index in [1.165, 1.54) is 6.26 Å². The molecule has 1 saturated heterocycles. The highest BCUT2D eigenvalue weighted by Gasteiger charge is 2.29. The summed E-state index contributed by atoms with van der Waals surface area (Å²) in [4.78, 5) is 10.6. The zero-order valence-electron chi connectivity index (χ0n) is 5.12. The lowest BCUT2D eigenvalue weighted by atomic mass is 10.4. The van der Waals surface area contributed by atoms with Gasteiger partial charge in [-0.2, -0.15) is 0 Å². The highest BCUT2D eigenvalue weighted by Crippen LogP contribution is 2.10. The Morgan fingerprint density at radius 1 is 1.78 bits per heavy atom. The van der Waals surface area contributed by atoms with Gasteiger partial charge in [-0.15, -0.1) is 0 Å². The van der Waals surface area contributed by atoms with Gasteiger partial charge in [0.25, 0.3) is 0 Å². The summed E-state index contributed by atoms with van der Waals surface area (Å²) in [6, 6.07) is 0. The Morgan fingerprint density at radius 2 is 2.44 bits per heavy atom. The van der Waals surface area contributed by atoms with Crippen molar-refractivity contribution in [3.8, 4) is 0 Å². The third-order valence-electron chi connectivity index (χ3n) is 1.29. The lowest BCUT2D eigenvalue weighted by molar-refractivity contribution is -0.137. The molecule has 0 aliphatic carbocycles. The molecule has 0 saturated carbocycles. The zero-order chi connectivity index (χ0) is 6.85. The molecule has 0 amide bonds. The van der Waals surface area contributed by atoms with Crippen LogP contribution in [0.5, 0.6) is 0 Å². The van der Waals surface area contributed by atoms with Gasteiger partial charge in [0.05, 0.1) is 6.61 Å². The van der Waals surface area contributed by atoms with Gasteiger partial charge in [-0.05, 0) is 0 Å². The molecule has 1 fully saturated rings. The van der Waals surface area contributed by atoms with Crippen LogP contribution < -0.4 is 0 Å². The van der Waals surface area contributed by atoms with Crippen LogP contribution in [0, 0.1) is 0 Å². The van der Waals surface area contributed by atoms with E-state index in [2.05, 4.69) is 4.74 Å². The minimum Gasteiger partial charge on any atom is -0.465 e. The molecule has 0 aromatic carbocycles. The maximum Gasteiger partial charge on any atom is 0.321 e. The number of hydrogen-bond acceptors (Lipinski definition) is 3. The van der Waals surface area contributed by atoms with E-state index in [4.69, 9.17) is 0 Å². The van der Waals surface area contributed by atoms with E-state index in [1.807, 2.05) is 0 Å². The minimum atomic E-state index is -1.05. The van der Waals surface area contributed by atoms with Crippen molar-refractivity contribution in [2.24, 2.45) is 0 Å². The number of cyclic esters (lactones) is 1. The van der Waals surface area contributed by atoms with Gasteiger partial charge in [0, 0.05) is 23.5 Å². The van der Waals surface area contributed by atoms with Gasteiger partial charge >= 0.3 is 5.97 Å². The summed E-state index contributed by atoms with van der Waals surface area (Å²) in [5.74, 6) is -0.309. The number of hydrogen-bond donors (Lipinski definition) is 0. The van der Waals surface area contributed by atoms with Gasteiger partial charge in [0.15, 0.2) is 0 Å². The predicted molar refractivity (Wildman–Crippen MR) is 33.4 cm³/mol. The van der Waals surface area contributed by atoms with Crippen molar-refractivity contribution in [1.29, 1.82) is 0 Å². The fourth-order valence-corrected chi connectivity index (χ4v) is 1.55. The van der Waals surface area contributed by atoms with Crippen LogP contribution in [0.2, 0.25) is 0 Å². The highest BCUT2D eigenvalue weighted by atomic mass is 32.2. The highest BCUT2D eigenvalue weighted by molar-refractivity contribution is 7.85. The molecular weight excluding hydrogens is 140 g/mol. The molecule has 2 atom stereocenters. The first-order chi connectivity index (χ1) is 4.22. The van der Waals surface area contributed by atoms with Gasteiger partial charge in [0.2, 0.25) is 0 Å². The Balaban J connectivity index is 2.60. The molecule has 0 bridgehead atoms. The molecule has 0 aromatic rings. The third kappa shape index (κ3) is 1.30. The van der Waals surface area contributed by atoms with E-state index in [9.17, 15) is 9.00 Å². The molecule has 52 valence electrons. The first-order valence-corrected chi connectivity index (χ1v) is 4.33. The van der Waals surface area contributed by atoms with Crippen molar-refractivity contribution in [3.05, 3.63) is 0 Å². The summed E-state index contributed by atoms with van der Waals surface area (Å²) >= 11 is 0. The van der Waals surface area contributed by atoms with Crippen LogP contribution in [-0.2, 0) is 20.3 Å². The molecule has 1 aliphatic heterocycles. The molecule has 1 unspecified atom stereocenters. The normalized spacial score (nSPS) is 29.9. The smallest absolute Gasteiger partial charge is 0.321 e. The molecule has 1 heterocycles. The maximum atomic E-state index is 10.7. The van der Waals surface area contributed by atoms with E-state index in [-0.39, 0.29) is 11.2 Å². The number of carbonyl (C=O) groups excluding carboxylic acids is 1. The van der Waals surface area contributed by atoms with Crippen LogP contribution in [0.15, 0.2) is 0 Å². The molecule has 0 spiro atoms. The summed E-state index contributed by atoms with van der Waals surface area (Å²) in [6.07, 6.45) is 2.14. The van der Waals surface area contributed by atoms with Gasteiger partial charge in [-0.1, -0.05) is 0 Å². The van der Waals surface area contributed by atoms with Crippen LogP contribution >= 0.6 is 0 Å². The van der Waals surface area contributed by atoms with E-state index in [1.54, 1.807) is 0 Å². The second kappa shape index (κ2) is 2.47. The fraction of sp³-hybridized carbons (Fsp3) is 0.800. The molecule has 3 nitrogen and oxygen atoms in total. The van der Waals surface area contributed by atoms with Crippen LogP contribution in [0.4, 0.5) is 0 Å². The van der Waals surface area contributed by atoms with Gasteiger partial charge in [-0.25, -0.2) is 0 Å². The summed E-state index contributed by atoms with van der Waals surface area (Å²) < 4.78 is 15.3. The van der Waals surface area contributed by atoms with Gasteiger partial charge < -0.3 is 4.74 Å². The first-order valence-electron chi connectivity index (χ1n) is 2.70. The Morgan fingerprint density at radius 3 is 2.67 bits per heavy atom. The van der Waals surface area contributed by atoms with Crippen LogP contribution in [0.1, 0.15) is 6.42 Å². The molecule has 1 aliphatic rings. The topological polar surface area (TPSA) is 43.4 Å². The Labute approximate surface area is 55.8 Å². The molecule has 0 N–H and O–H groups in total. The molecular formula is C5H8O3S. The molecule has 0 aromatic heterocycles. The summed E-state index contributed by atoms with van der Waals surface area (Å²) in [5.41, 5.74) is 0. The quantitative estimate of drug-likeness (QED) is 0.479. The van der Waals surface area contributed by atoms with Gasteiger partial charge in [0.1, 0.15) is 5.25 Å². The van der Waals surface area contributed by atoms with Crippen molar-refractivity contribution >= 4 is 16.8 Å². The minimum absolute atomic E-state index is 0.309. The maximum absolute atomic E-state index is 10.7. The number of ether oxygens (including phenoxy) is 1. The monoisotopic (exact) mass is 148 g/mol. The summed E-state index contributed by atoms with van der Waals surface area (Å²) in [7, 11) is -1.05. The second-order valence-corrected chi connectivity index (χ2v) is 3.51. The summed E-state index contributed by atoms with van der Waals surface area (Å²) in [6.45, 7) is 0.434.